The average Bonchev–Trinajstić information content (AvgIpc) is 2.74. The summed E-state index contributed by atoms with van der Waals surface area (Å²) in [6, 6.07) is 4.19. The summed E-state index contributed by atoms with van der Waals surface area (Å²) in [7, 11) is 0. The zero-order valence-corrected chi connectivity index (χ0v) is 13.6. The van der Waals surface area contributed by atoms with E-state index in [1.165, 1.54) is 10.5 Å². The first-order valence-electron chi connectivity index (χ1n) is 7.22. The molecule has 1 aromatic carbocycles. The molecular weight excluding hydrogens is 284 g/mol. The molecule has 1 aliphatic rings. The zero-order valence-electron chi connectivity index (χ0n) is 12.8. The first-order valence-corrected chi connectivity index (χ1v) is 8.10. The largest absolute Gasteiger partial charge is 0.329 e. The molecule has 5 heteroatoms. The summed E-state index contributed by atoms with van der Waals surface area (Å²) >= 11 is 1.72. The van der Waals surface area contributed by atoms with E-state index in [0.29, 0.717) is 31.2 Å². The highest BCUT2D eigenvalue weighted by atomic mass is 32.2. The highest BCUT2D eigenvalue weighted by molar-refractivity contribution is 8.00. The lowest BCUT2D eigenvalue weighted by molar-refractivity contribution is -0.139. The topological polar surface area (TPSA) is 63.4 Å². The molecule has 0 bridgehead atoms. The molecule has 21 heavy (non-hydrogen) atoms. The lowest BCUT2D eigenvalue weighted by Crippen LogP contribution is -2.28. The minimum atomic E-state index is -0.0676. The SMILES string of the molecule is Cc1cc(C)c(SC(C)CN)c(CN2C(=O)CCC2=O)c1. The molecular formula is C16H22N2O2S. The molecule has 0 radical (unpaired) electrons. The van der Waals surface area contributed by atoms with E-state index < -0.39 is 0 Å². The quantitative estimate of drug-likeness (QED) is 0.670. The minimum Gasteiger partial charge on any atom is -0.329 e. The summed E-state index contributed by atoms with van der Waals surface area (Å²) in [6.45, 7) is 7.15. The van der Waals surface area contributed by atoms with Crippen LogP contribution in [0.15, 0.2) is 17.0 Å². The van der Waals surface area contributed by atoms with Gasteiger partial charge in [0.1, 0.15) is 0 Å². The number of rotatable bonds is 5. The maximum atomic E-state index is 11.8. The van der Waals surface area contributed by atoms with Crippen LogP contribution < -0.4 is 5.73 Å². The van der Waals surface area contributed by atoms with Gasteiger partial charge in [0.2, 0.25) is 11.8 Å². The number of carbonyl (C=O) groups is 2. The molecule has 1 fully saturated rings. The lowest BCUT2D eigenvalue weighted by atomic mass is 10.1. The molecule has 1 aliphatic heterocycles. The van der Waals surface area contributed by atoms with Crippen LogP contribution in [-0.4, -0.2) is 28.5 Å². The van der Waals surface area contributed by atoms with Gasteiger partial charge in [-0.3, -0.25) is 14.5 Å². The fourth-order valence-electron chi connectivity index (χ4n) is 2.55. The summed E-state index contributed by atoms with van der Waals surface area (Å²) in [4.78, 5) is 26.2. The monoisotopic (exact) mass is 306 g/mol. The maximum absolute atomic E-state index is 11.8. The van der Waals surface area contributed by atoms with Crippen molar-refractivity contribution in [2.45, 2.75) is 50.3 Å². The molecule has 2 N–H and O–H groups in total. The van der Waals surface area contributed by atoms with E-state index >= 15 is 0 Å². The summed E-state index contributed by atoms with van der Waals surface area (Å²) < 4.78 is 0. The number of hydrogen-bond acceptors (Lipinski definition) is 4. The van der Waals surface area contributed by atoms with Crippen molar-refractivity contribution in [1.29, 1.82) is 0 Å². The van der Waals surface area contributed by atoms with E-state index in [1.54, 1.807) is 11.8 Å². The van der Waals surface area contributed by atoms with Gasteiger partial charge < -0.3 is 5.73 Å². The van der Waals surface area contributed by atoms with Crippen LogP contribution in [0.3, 0.4) is 0 Å². The van der Waals surface area contributed by atoms with Gasteiger partial charge in [0.25, 0.3) is 0 Å². The molecule has 4 nitrogen and oxygen atoms in total. The fourth-order valence-corrected chi connectivity index (χ4v) is 3.57. The number of nitrogens with two attached hydrogens (primary N) is 1. The van der Waals surface area contributed by atoms with Gasteiger partial charge in [-0.15, -0.1) is 11.8 Å². The van der Waals surface area contributed by atoms with Crippen molar-refractivity contribution in [3.05, 3.63) is 28.8 Å². The van der Waals surface area contributed by atoms with Gasteiger partial charge in [0, 0.05) is 29.5 Å². The van der Waals surface area contributed by atoms with Crippen molar-refractivity contribution >= 4 is 23.6 Å². The predicted molar refractivity (Wildman–Crippen MR) is 85.1 cm³/mol. The van der Waals surface area contributed by atoms with Gasteiger partial charge in [0.15, 0.2) is 0 Å². The molecule has 1 atom stereocenters. The summed E-state index contributed by atoms with van der Waals surface area (Å²) in [5.41, 5.74) is 9.08. The Bertz CT molecular complexity index is 556. The fraction of sp³-hybridized carbons (Fsp3) is 0.500. The molecule has 1 saturated heterocycles. The Morgan fingerprint density at radius 1 is 1.24 bits per heavy atom. The highest BCUT2D eigenvalue weighted by Crippen LogP contribution is 2.32. The van der Waals surface area contributed by atoms with Gasteiger partial charge >= 0.3 is 0 Å². The van der Waals surface area contributed by atoms with Crippen molar-refractivity contribution in [1.82, 2.24) is 4.90 Å². The minimum absolute atomic E-state index is 0.0676. The predicted octanol–water partition coefficient (Wildman–Crippen LogP) is 2.39. The van der Waals surface area contributed by atoms with Crippen LogP contribution in [0.5, 0.6) is 0 Å². The van der Waals surface area contributed by atoms with Crippen molar-refractivity contribution in [2.75, 3.05) is 6.54 Å². The van der Waals surface area contributed by atoms with Crippen molar-refractivity contribution < 1.29 is 9.59 Å². The van der Waals surface area contributed by atoms with Crippen LogP contribution in [-0.2, 0) is 16.1 Å². The van der Waals surface area contributed by atoms with E-state index in [4.69, 9.17) is 5.73 Å². The average molecular weight is 306 g/mol. The molecule has 114 valence electrons. The first kappa shape index (κ1) is 16.0. The third-order valence-corrected chi connectivity index (χ3v) is 5.04. The Balaban J connectivity index is 2.32. The van der Waals surface area contributed by atoms with Crippen LogP contribution in [0.2, 0.25) is 0 Å². The second kappa shape index (κ2) is 6.62. The molecule has 1 unspecified atom stereocenters. The van der Waals surface area contributed by atoms with Crippen LogP contribution >= 0.6 is 11.8 Å². The van der Waals surface area contributed by atoms with E-state index in [2.05, 4.69) is 26.0 Å². The number of aryl methyl sites for hydroxylation is 2. The van der Waals surface area contributed by atoms with Gasteiger partial charge in [-0.2, -0.15) is 0 Å². The van der Waals surface area contributed by atoms with Crippen LogP contribution in [0.25, 0.3) is 0 Å². The highest BCUT2D eigenvalue weighted by Gasteiger charge is 2.29. The molecule has 1 heterocycles. The Hall–Kier alpha value is -1.33. The number of benzene rings is 1. The Morgan fingerprint density at radius 2 is 1.86 bits per heavy atom. The number of imide groups is 1. The second-order valence-electron chi connectivity index (χ2n) is 5.61. The maximum Gasteiger partial charge on any atom is 0.229 e. The van der Waals surface area contributed by atoms with Crippen LogP contribution in [0.1, 0.15) is 36.5 Å². The number of thioether (sulfide) groups is 1. The Kier molecular flexibility index (Phi) is 5.06. The molecule has 2 amide bonds. The van der Waals surface area contributed by atoms with Crippen molar-refractivity contribution in [3.63, 3.8) is 0 Å². The molecule has 0 spiro atoms. The number of hydrogen-bond donors (Lipinski definition) is 1. The molecule has 0 aliphatic carbocycles. The standard InChI is InChI=1S/C16H22N2O2S/c1-10-6-11(2)16(21-12(3)8-17)13(7-10)9-18-14(19)4-5-15(18)20/h6-7,12H,4-5,8-9,17H2,1-3H3. The third kappa shape index (κ3) is 3.66. The van der Waals surface area contributed by atoms with Crippen LogP contribution in [0, 0.1) is 13.8 Å². The Morgan fingerprint density at radius 3 is 2.43 bits per heavy atom. The van der Waals surface area contributed by atoms with Gasteiger partial charge in [-0.1, -0.05) is 24.6 Å². The third-order valence-electron chi connectivity index (χ3n) is 3.63. The van der Waals surface area contributed by atoms with E-state index in [9.17, 15) is 9.59 Å². The molecule has 2 rings (SSSR count). The number of nitrogens with zero attached hydrogens (tertiary/aromatic N) is 1. The molecule has 1 aromatic rings. The van der Waals surface area contributed by atoms with Crippen LogP contribution in [0.4, 0.5) is 0 Å². The van der Waals surface area contributed by atoms with E-state index in [1.807, 2.05) is 6.92 Å². The van der Waals surface area contributed by atoms with Gasteiger partial charge in [-0.05, 0) is 25.0 Å². The Labute approximate surface area is 130 Å². The number of carbonyl (C=O) groups excluding carboxylic acids is 2. The number of amides is 2. The zero-order chi connectivity index (χ0) is 15.6. The van der Waals surface area contributed by atoms with Gasteiger partial charge in [-0.25, -0.2) is 0 Å². The number of likely N-dealkylation sites (tertiary alicyclic amines) is 1. The van der Waals surface area contributed by atoms with E-state index in [-0.39, 0.29) is 11.8 Å². The molecule has 0 aromatic heterocycles. The lowest BCUT2D eigenvalue weighted by Gasteiger charge is -2.20. The summed E-state index contributed by atoms with van der Waals surface area (Å²) in [6.07, 6.45) is 0.677. The van der Waals surface area contributed by atoms with Crippen molar-refractivity contribution in [2.24, 2.45) is 5.73 Å². The second-order valence-corrected chi connectivity index (χ2v) is 7.06. The summed E-state index contributed by atoms with van der Waals surface area (Å²) in [5, 5.41) is 0.301. The first-order chi connectivity index (χ1) is 9.92. The smallest absolute Gasteiger partial charge is 0.229 e. The normalized spacial score (nSPS) is 16.7. The van der Waals surface area contributed by atoms with E-state index in [0.717, 1.165) is 16.0 Å². The van der Waals surface area contributed by atoms with Crippen molar-refractivity contribution in [3.8, 4) is 0 Å². The summed E-state index contributed by atoms with van der Waals surface area (Å²) in [5.74, 6) is -0.135. The van der Waals surface area contributed by atoms with Gasteiger partial charge in [0.05, 0.1) is 6.54 Å². The molecule has 0 saturated carbocycles.